The highest BCUT2D eigenvalue weighted by Crippen LogP contribution is 2.39. The summed E-state index contributed by atoms with van der Waals surface area (Å²) in [6, 6.07) is 1.93. The number of amides is 1. The van der Waals surface area contributed by atoms with Crippen LogP contribution >= 0.6 is 12.4 Å². The van der Waals surface area contributed by atoms with Crippen molar-refractivity contribution in [3.05, 3.63) is 17.5 Å². The van der Waals surface area contributed by atoms with Crippen LogP contribution in [0.3, 0.4) is 0 Å². The maximum Gasteiger partial charge on any atom is 0.274 e. The fraction of sp³-hybridized carbons (Fsp3) is 0.692. The van der Waals surface area contributed by atoms with Crippen LogP contribution in [0.5, 0.6) is 0 Å². The molecule has 1 aliphatic heterocycles. The largest absolute Gasteiger partial charge is 0.337 e. The lowest BCUT2D eigenvalue weighted by Gasteiger charge is -2.30. The number of hydrogen-bond acceptors (Lipinski definition) is 3. The average Bonchev–Trinajstić information content (AvgIpc) is 3.16. The van der Waals surface area contributed by atoms with Crippen LogP contribution in [0.25, 0.3) is 0 Å². The van der Waals surface area contributed by atoms with Crippen molar-refractivity contribution in [2.24, 2.45) is 11.7 Å². The Balaban J connectivity index is 0.00000133. The molecule has 3 N–H and O–H groups in total. The first-order chi connectivity index (χ1) is 8.78. The Labute approximate surface area is 119 Å². The van der Waals surface area contributed by atoms with E-state index in [2.05, 4.69) is 10.2 Å². The summed E-state index contributed by atoms with van der Waals surface area (Å²) in [6.07, 6.45) is 4.47. The number of halogens is 1. The molecule has 0 aromatic carbocycles. The van der Waals surface area contributed by atoms with Crippen molar-refractivity contribution in [2.75, 3.05) is 19.6 Å². The molecule has 0 spiro atoms. The van der Waals surface area contributed by atoms with E-state index in [1.807, 2.05) is 11.0 Å². The highest BCUT2D eigenvalue weighted by molar-refractivity contribution is 5.92. The van der Waals surface area contributed by atoms with Gasteiger partial charge in [-0.15, -0.1) is 12.4 Å². The van der Waals surface area contributed by atoms with E-state index in [4.69, 9.17) is 5.73 Å². The normalized spacial score (nSPS) is 20.2. The fourth-order valence-corrected chi connectivity index (χ4v) is 2.58. The second kappa shape index (κ2) is 5.92. The Hall–Kier alpha value is -1.07. The van der Waals surface area contributed by atoms with E-state index in [1.54, 1.807) is 0 Å². The van der Waals surface area contributed by atoms with Crippen LogP contribution in [0, 0.1) is 5.92 Å². The van der Waals surface area contributed by atoms with E-state index in [-0.39, 0.29) is 18.3 Å². The van der Waals surface area contributed by atoms with Crippen molar-refractivity contribution in [1.29, 1.82) is 0 Å². The number of hydrogen-bond donors (Lipinski definition) is 2. The number of aromatic amines is 1. The molecule has 0 radical (unpaired) electrons. The maximum absolute atomic E-state index is 12.3. The third-order valence-electron chi connectivity index (χ3n) is 4.07. The minimum absolute atomic E-state index is 0. The smallest absolute Gasteiger partial charge is 0.274 e. The van der Waals surface area contributed by atoms with Gasteiger partial charge in [-0.3, -0.25) is 9.89 Å². The molecule has 5 nitrogen and oxygen atoms in total. The fourth-order valence-electron chi connectivity index (χ4n) is 2.58. The van der Waals surface area contributed by atoms with Crippen LogP contribution < -0.4 is 5.73 Å². The average molecular weight is 285 g/mol. The lowest BCUT2D eigenvalue weighted by Crippen LogP contribution is -2.40. The molecule has 1 aliphatic carbocycles. The van der Waals surface area contributed by atoms with Gasteiger partial charge >= 0.3 is 0 Å². The third-order valence-corrected chi connectivity index (χ3v) is 4.07. The highest BCUT2D eigenvalue weighted by atomic mass is 35.5. The first kappa shape index (κ1) is 14.3. The molecule has 1 saturated heterocycles. The van der Waals surface area contributed by atoms with Gasteiger partial charge < -0.3 is 10.6 Å². The zero-order chi connectivity index (χ0) is 12.5. The minimum atomic E-state index is 0. The van der Waals surface area contributed by atoms with Crippen molar-refractivity contribution < 1.29 is 4.79 Å². The number of rotatable bonds is 3. The van der Waals surface area contributed by atoms with Crippen LogP contribution in [-0.4, -0.2) is 40.6 Å². The molecule has 19 heavy (non-hydrogen) atoms. The van der Waals surface area contributed by atoms with Gasteiger partial charge in [0.05, 0.1) is 0 Å². The van der Waals surface area contributed by atoms with Crippen molar-refractivity contribution in [1.82, 2.24) is 15.1 Å². The highest BCUT2D eigenvalue weighted by Gasteiger charge is 2.28. The molecule has 2 fully saturated rings. The van der Waals surface area contributed by atoms with Crippen LogP contribution in [0.4, 0.5) is 0 Å². The Morgan fingerprint density at radius 2 is 2.05 bits per heavy atom. The van der Waals surface area contributed by atoms with Gasteiger partial charge in [0.1, 0.15) is 5.69 Å². The SMILES string of the molecule is Cl.NCC1CCN(C(=O)c2cc(C3CC3)[nH]n2)CC1. The predicted molar refractivity (Wildman–Crippen MR) is 75.5 cm³/mol. The van der Waals surface area contributed by atoms with Crippen LogP contribution in [0.15, 0.2) is 6.07 Å². The molecule has 1 aromatic heterocycles. The number of H-pyrrole nitrogens is 1. The van der Waals surface area contributed by atoms with Gasteiger partial charge in [0.25, 0.3) is 5.91 Å². The summed E-state index contributed by atoms with van der Waals surface area (Å²) in [5.41, 5.74) is 7.35. The van der Waals surface area contributed by atoms with E-state index in [9.17, 15) is 4.79 Å². The lowest BCUT2D eigenvalue weighted by atomic mass is 9.97. The summed E-state index contributed by atoms with van der Waals surface area (Å²) in [6.45, 7) is 2.36. The van der Waals surface area contributed by atoms with Gasteiger partial charge in [0.15, 0.2) is 0 Å². The molecule has 1 aromatic rings. The van der Waals surface area contributed by atoms with E-state index >= 15 is 0 Å². The second-order valence-corrected chi connectivity index (χ2v) is 5.45. The Kier molecular flexibility index (Phi) is 4.47. The van der Waals surface area contributed by atoms with Gasteiger partial charge in [-0.1, -0.05) is 0 Å². The van der Waals surface area contributed by atoms with Crippen LogP contribution in [0.2, 0.25) is 0 Å². The Morgan fingerprint density at radius 3 is 2.63 bits per heavy atom. The molecular weight excluding hydrogens is 264 g/mol. The number of aromatic nitrogens is 2. The summed E-state index contributed by atoms with van der Waals surface area (Å²) < 4.78 is 0. The molecule has 0 bridgehead atoms. The third kappa shape index (κ3) is 3.09. The van der Waals surface area contributed by atoms with E-state index < -0.39 is 0 Å². The zero-order valence-electron chi connectivity index (χ0n) is 11.0. The summed E-state index contributed by atoms with van der Waals surface area (Å²) in [7, 11) is 0. The number of nitrogens with one attached hydrogen (secondary N) is 1. The monoisotopic (exact) mass is 284 g/mol. The first-order valence-electron chi connectivity index (χ1n) is 6.82. The standard InChI is InChI=1S/C13H20N4O.ClH/c14-8-9-3-5-17(6-4-9)13(18)12-7-11(15-16-12)10-1-2-10;/h7,9-10H,1-6,8,14H2,(H,15,16);1H. The molecule has 2 heterocycles. The number of nitrogens with two attached hydrogens (primary N) is 1. The van der Waals surface area contributed by atoms with Gasteiger partial charge in [0.2, 0.25) is 0 Å². The molecule has 2 aliphatic rings. The summed E-state index contributed by atoms with van der Waals surface area (Å²) in [4.78, 5) is 14.2. The Morgan fingerprint density at radius 1 is 1.37 bits per heavy atom. The minimum Gasteiger partial charge on any atom is -0.337 e. The number of carbonyl (C=O) groups excluding carboxylic acids is 1. The molecule has 3 rings (SSSR count). The first-order valence-corrected chi connectivity index (χ1v) is 6.82. The van der Waals surface area contributed by atoms with Crippen LogP contribution in [0.1, 0.15) is 47.8 Å². The van der Waals surface area contributed by atoms with Crippen molar-refractivity contribution in [3.8, 4) is 0 Å². The molecular formula is C13H21ClN4O. The Bertz CT molecular complexity index is 436. The van der Waals surface area contributed by atoms with Gasteiger partial charge in [-0.2, -0.15) is 5.10 Å². The molecule has 106 valence electrons. The summed E-state index contributed by atoms with van der Waals surface area (Å²) in [5.74, 6) is 1.26. The molecule has 1 amide bonds. The van der Waals surface area contributed by atoms with Crippen molar-refractivity contribution >= 4 is 18.3 Å². The topological polar surface area (TPSA) is 75.0 Å². The van der Waals surface area contributed by atoms with E-state index in [0.29, 0.717) is 17.5 Å². The second-order valence-electron chi connectivity index (χ2n) is 5.45. The zero-order valence-corrected chi connectivity index (χ0v) is 11.8. The molecule has 6 heteroatoms. The van der Waals surface area contributed by atoms with Crippen LogP contribution in [-0.2, 0) is 0 Å². The number of nitrogens with zero attached hydrogens (tertiary/aromatic N) is 2. The number of likely N-dealkylation sites (tertiary alicyclic amines) is 1. The van der Waals surface area contributed by atoms with E-state index in [1.165, 1.54) is 12.8 Å². The van der Waals surface area contributed by atoms with Gasteiger partial charge in [0, 0.05) is 24.7 Å². The molecule has 0 atom stereocenters. The summed E-state index contributed by atoms with van der Waals surface area (Å²) >= 11 is 0. The predicted octanol–water partition coefficient (Wildman–Crippen LogP) is 1.52. The summed E-state index contributed by atoms with van der Waals surface area (Å²) in [5, 5.41) is 7.14. The van der Waals surface area contributed by atoms with Gasteiger partial charge in [-0.05, 0) is 44.2 Å². The van der Waals surface area contributed by atoms with E-state index in [0.717, 1.165) is 38.2 Å². The number of carbonyl (C=O) groups is 1. The quantitative estimate of drug-likeness (QED) is 0.884. The lowest BCUT2D eigenvalue weighted by molar-refractivity contribution is 0.0687. The van der Waals surface area contributed by atoms with Gasteiger partial charge in [-0.25, -0.2) is 0 Å². The maximum atomic E-state index is 12.3. The van der Waals surface area contributed by atoms with Crippen molar-refractivity contribution in [3.63, 3.8) is 0 Å². The molecule has 0 unspecified atom stereocenters. The van der Waals surface area contributed by atoms with Crippen molar-refractivity contribution in [2.45, 2.75) is 31.6 Å². The molecule has 1 saturated carbocycles. The number of piperidine rings is 1.